The van der Waals surface area contributed by atoms with Gasteiger partial charge in [-0.15, -0.1) is 0 Å². The summed E-state index contributed by atoms with van der Waals surface area (Å²) in [5.74, 6) is 0. The van der Waals surface area contributed by atoms with Crippen molar-refractivity contribution >= 4 is 27.2 Å². The number of ether oxygens (including phenoxy) is 1. The Labute approximate surface area is 114 Å². The first-order chi connectivity index (χ1) is 8.44. The Morgan fingerprint density at radius 3 is 2.78 bits per heavy atom. The third-order valence-corrected chi connectivity index (χ3v) is 6.61. The fraction of sp³-hybridized carbons (Fsp3) is 0.909. The van der Waals surface area contributed by atoms with Crippen molar-refractivity contribution in [2.45, 2.75) is 50.0 Å². The molecule has 1 aliphatic carbocycles. The van der Waals surface area contributed by atoms with Gasteiger partial charge in [0.1, 0.15) is 5.25 Å². The quantitative estimate of drug-likeness (QED) is 0.773. The fourth-order valence-electron chi connectivity index (χ4n) is 2.73. The number of nitrogens with zero attached hydrogens (tertiary/aromatic N) is 1. The molecule has 7 heteroatoms. The first kappa shape index (κ1) is 14.2. The van der Waals surface area contributed by atoms with Crippen molar-refractivity contribution < 1.29 is 13.2 Å². The molecule has 1 aliphatic heterocycles. The van der Waals surface area contributed by atoms with Gasteiger partial charge < -0.3 is 10.5 Å². The van der Waals surface area contributed by atoms with Crippen LogP contribution in [0.4, 0.5) is 0 Å². The minimum absolute atomic E-state index is 0.0331. The first-order valence-electron chi connectivity index (χ1n) is 6.36. The highest BCUT2D eigenvalue weighted by Crippen LogP contribution is 2.31. The van der Waals surface area contributed by atoms with Crippen LogP contribution in [0.3, 0.4) is 0 Å². The number of morpholine rings is 1. The Hall–Kier alpha value is -0.240. The van der Waals surface area contributed by atoms with E-state index in [1.807, 2.05) is 0 Å². The third kappa shape index (κ3) is 2.54. The zero-order chi connectivity index (χ0) is 13.3. The van der Waals surface area contributed by atoms with Crippen LogP contribution in [0.5, 0.6) is 0 Å². The van der Waals surface area contributed by atoms with Crippen molar-refractivity contribution in [3.8, 4) is 0 Å². The monoisotopic (exact) mass is 292 g/mol. The molecule has 3 unspecified atom stereocenters. The van der Waals surface area contributed by atoms with Gasteiger partial charge in [-0.2, -0.15) is 4.31 Å². The molecule has 2 N–H and O–H groups in total. The lowest BCUT2D eigenvalue weighted by Crippen LogP contribution is -2.57. The number of rotatable bonds is 3. The molecular weight excluding hydrogens is 272 g/mol. The molecule has 3 atom stereocenters. The summed E-state index contributed by atoms with van der Waals surface area (Å²) < 4.78 is 32.2. The normalized spacial score (nSPS) is 31.6. The summed E-state index contributed by atoms with van der Waals surface area (Å²) >= 11 is 4.82. The van der Waals surface area contributed by atoms with Crippen molar-refractivity contribution in [3.05, 3.63) is 0 Å². The van der Waals surface area contributed by atoms with E-state index in [-0.39, 0.29) is 17.1 Å². The summed E-state index contributed by atoms with van der Waals surface area (Å²) in [4.78, 5) is 0.0360. The van der Waals surface area contributed by atoms with E-state index in [0.717, 1.165) is 25.7 Å². The Morgan fingerprint density at radius 1 is 1.44 bits per heavy atom. The van der Waals surface area contributed by atoms with Crippen LogP contribution in [0.2, 0.25) is 0 Å². The van der Waals surface area contributed by atoms with Crippen molar-refractivity contribution in [2.24, 2.45) is 5.73 Å². The van der Waals surface area contributed by atoms with E-state index < -0.39 is 15.3 Å². The van der Waals surface area contributed by atoms with Crippen LogP contribution in [-0.2, 0) is 14.8 Å². The average Bonchev–Trinajstić information content (AvgIpc) is 2.36. The lowest BCUT2D eigenvalue weighted by atomic mass is 9.91. The molecule has 0 bridgehead atoms. The highest BCUT2D eigenvalue weighted by molar-refractivity contribution is 7.92. The molecule has 0 aromatic carbocycles. The molecule has 104 valence electrons. The molecule has 2 fully saturated rings. The van der Waals surface area contributed by atoms with Gasteiger partial charge in [0, 0.05) is 6.54 Å². The number of sulfonamides is 1. The SMILES string of the molecule is CC(C(N)=S)S(=O)(=O)N1CCOC2CCCCC21. The van der Waals surface area contributed by atoms with Crippen molar-refractivity contribution in [2.75, 3.05) is 13.2 Å². The molecular formula is C11H20N2O3S2. The largest absolute Gasteiger partial charge is 0.392 e. The van der Waals surface area contributed by atoms with Crippen molar-refractivity contribution in [1.29, 1.82) is 0 Å². The summed E-state index contributed by atoms with van der Waals surface area (Å²) in [6.07, 6.45) is 4.02. The molecule has 1 saturated carbocycles. The van der Waals surface area contributed by atoms with Gasteiger partial charge in [-0.05, 0) is 19.8 Å². The van der Waals surface area contributed by atoms with E-state index in [0.29, 0.717) is 13.2 Å². The molecule has 18 heavy (non-hydrogen) atoms. The van der Waals surface area contributed by atoms with E-state index >= 15 is 0 Å². The number of thiocarbonyl (C=S) groups is 1. The molecule has 0 radical (unpaired) electrons. The van der Waals surface area contributed by atoms with Crippen molar-refractivity contribution in [1.82, 2.24) is 4.31 Å². The lowest BCUT2D eigenvalue weighted by molar-refractivity contribution is -0.0586. The smallest absolute Gasteiger partial charge is 0.223 e. The second kappa shape index (κ2) is 5.40. The molecule has 0 spiro atoms. The number of nitrogens with two attached hydrogens (primary N) is 1. The van der Waals surface area contributed by atoms with Gasteiger partial charge in [0.05, 0.1) is 23.7 Å². The zero-order valence-electron chi connectivity index (χ0n) is 10.5. The lowest BCUT2D eigenvalue weighted by Gasteiger charge is -2.43. The Balaban J connectivity index is 2.23. The molecule has 1 saturated heterocycles. The molecule has 1 heterocycles. The molecule has 0 aromatic rings. The number of hydrogen-bond donors (Lipinski definition) is 1. The minimum Gasteiger partial charge on any atom is -0.392 e. The average molecular weight is 292 g/mol. The topological polar surface area (TPSA) is 72.6 Å². The Kier molecular flexibility index (Phi) is 4.25. The van der Waals surface area contributed by atoms with Crippen LogP contribution in [-0.4, -0.2) is 48.3 Å². The predicted molar refractivity (Wildman–Crippen MR) is 73.9 cm³/mol. The van der Waals surface area contributed by atoms with Crippen LogP contribution in [0.15, 0.2) is 0 Å². The summed E-state index contributed by atoms with van der Waals surface area (Å²) in [5, 5.41) is -0.798. The Bertz CT molecular complexity index is 422. The van der Waals surface area contributed by atoms with Crippen LogP contribution in [0, 0.1) is 0 Å². The molecule has 2 aliphatic rings. The second-order valence-electron chi connectivity index (χ2n) is 4.96. The van der Waals surface area contributed by atoms with Crippen LogP contribution in [0.25, 0.3) is 0 Å². The van der Waals surface area contributed by atoms with Gasteiger partial charge in [-0.1, -0.05) is 25.1 Å². The van der Waals surface area contributed by atoms with E-state index in [4.69, 9.17) is 22.7 Å². The summed E-state index contributed by atoms with van der Waals surface area (Å²) in [6.45, 7) is 2.44. The van der Waals surface area contributed by atoms with E-state index in [2.05, 4.69) is 0 Å². The van der Waals surface area contributed by atoms with Crippen LogP contribution < -0.4 is 5.73 Å². The van der Waals surface area contributed by atoms with E-state index in [9.17, 15) is 8.42 Å². The van der Waals surface area contributed by atoms with Crippen molar-refractivity contribution in [3.63, 3.8) is 0 Å². The maximum Gasteiger partial charge on any atom is 0.223 e. The number of hydrogen-bond acceptors (Lipinski definition) is 4. The highest BCUT2D eigenvalue weighted by atomic mass is 32.2. The maximum absolute atomic E-state index is 12.5. The highest BCUT2D eigenvalue weighted by Gasteiger charge is 2.42. The molecule has 0 aromatic heterocycles. The summed E-state index contributed by atoms with van der Waals surface area (Å²) in [6, 6.07) is -0.0331. The van der Waals surface area contributed by atoms with E-state index in [1.165, 1.54) is 0 Å². The minimum atomic E-state index is -3.44. The standard InChI is InChI=1S/C11H20N2O3S2/c1-8(11(12)17)18(14,15)13-6-7-16-10-5-3-2-4-9(10)13/h8-10H,2-7H2,1H3,(H2,12,17). The zero-order valence-corrected chi connectivity index (χ0v) is 12.2. The van der Waals surface area contributed by atoms with Gasteiger partial charge in [0.15, 0.2) is 0 Å². The van der Waals surface area contributed by atoms with Gasteiger partial charge in [-0.3, -0.25) is 0 Å². The maximum atomic E-state index is 12.5. The summed E-state index contributed by atoms with van der Waals surface area (Å²) in [5.41, 5.74) is 5.49. The fourth-order valence-corrected chi connectivity index (χ4v) is 4.74. The van der Waals surface area contributed by atoms with Gasteiger partial charge >= 0.3 is 0 Å². The van der Waals surface area contributed by atoms with E-state index in [1.54, 1.807) is 11.2 Å². The van der Waals surface area contributed by atoms with Gasteiger partial charge in [0.2, 0.25) is 10.0 Å². The molecule has 0 amide bonds. The Morgan fingerprint density at radius 2 is 2.11 bits per heavy atom. The third-order valence-electron chi connectivity index (χ3n) is 3.86. The van der Waals surface area contributed by atoms with Gasteiger partial charge in [-0.25, -0.2) is 8.42 Å². The predicted octanol–water partition coefficient (Wildman–Crippen LogP) is 0.634. The molecule has 5 nitrogen and oxygen atoms in total. The molecule has 2 rings (SSSR count). The summed E-state index contributed by atoms with van der Waals surface area (Å²) in [7, 11) is -3.44. The van der Waals surface area contributed by atoms with Gasteiger partial charge in [0.25, 0.3) is 0 Å². The first-order valence-corrected chi connectivity index (χ1v) is 8.27. The van der Waals surface area contributed by atoms with Crippen LogP contribution >= 0.6 is 12.2 Å². The van der Waals surface area contributed by atoms with Crippen LogP contribution in [0.1, 0.15) is 32.6 Å². The second-order valence-corrected chi connectivity index (χ2v) is 7.64. The number of fused-ring (bicyclic) bond motifs is 1.